The van der Waals surface area contributed by atoms with Crippen LogP contribution in [-0.4, -0.2) is 40.0 Å². The second-order valence-corrected chi connectivity index (χ2v) is 5.59. The van der Waals surface area contributed by atoms with Gasteiger partial charge < -0.3 is 14.8 Å². The third-order valence-electron chi connectivity index (χ3n) is 4.05. The fourth-order valence-electron chi connectivity index (χ4n) is 2.58. The maximum absolute atomic E-state index is 12.2. The highest BCUT2D eigenvalue weighted by Gasteiger charge is 2.24. The Morgan fingerprint density at radius 1 is 1.63 bits per heavy atom. The molecular weight excluding hydrogens is 240 g/mol. The number of rotatable bonds is 4. The van der Waals surface area contributed by atoms with E-state index in [4.69, 9.17) is 0 Å². The molecule has 0 spiro atoms. The summed E-state index contributed by atoms with van der Waals surface area (Å²) in [6.07, 6.45) is 6.68. The van der Waals surface area contributed by atoms with E-state index in [1.165, 1.54) is 12.8 Å². The number of hydrogen-bond donors (Lipinski definition) is 1. The average Bonchev–Trinajstić information content (AvgIpc) is 2.78. The lowest BCUT2D eigenvalue weighted by Crippen LogP contribution is -2.43. The molecule has 0 aromatic carbocycles. The van der Waals surface area contributed by atoms with Crippen LogP contribution >= 0.6 is 0 Å². The first kappa shape index (κ1) is 14.1. The number of piperidine rings is 1. The van der Waals surface area contributed by atoms with E-state index in [0.717, 1.165) is 12.4 Å². The molecule has 2 atom stereocenters. The normalized spacial score (nSPS) is 23.3. The number of carbonyl (C=O) groups excluding carboxylic acids is 1. The Balaban J connectivity index is 1.87. The Labute approximate surface area is 115 Å². The Morgan fingerprint density at radius 3 is 3.05 bits per heavy atom. The number of carbonyl (C=O) groups is 1. The Hall–Kier alpha value is -1.36. The first-order valence-corrected chi connectivity index (χ1v) is 7.01. The fourth-order valence-corrected chi connectivity index (χ4v) is 2.58. The molecule has 0 aliphatic carbocycles. The molecule has 2 unspecified atom stereocenters. The van der Waals surface area contributed by atoms with E-state index in [1.54, 1.807) is 11.1 Å². The van der Waals surface area contributed by atoms with Crippen molar-refractivity contribution >= 4 is 5.91 Å². The minimum Gasteiger partial charge on any atom is -0.338 e. The molecule has 1 fully saturated rings. The summed E-state index contributed by atoms with van der Waals surface area (Å²) >= 11 is 0. The monoisotopic (exact) mass is 264 g/mol. The van der Waals surface area contributed by atoms with Crippen molar-refractivity contribution in [3.8, 4) is 0 Å². The molecule has 1 aliphatic rings. The van der Waals surface area contributed by atoms with Crippen molar-refractivity contribution in [3.63, 3.8) is 0 Å². The van der Waals surface area contributed by atoms with Crippen molar-refractivity contribution in [3.05, 3.63) is 18.2 Å². The lowest BCUT2D eigenvalue weighted by atomic mass is 9.90. The molecule has 5 heteroatoms. The maximum atomic E-state index is 12.2. The molecule has 0 saturated carbocycles. The van der Waals surface area contributed by atoms with Crippen molar-refractivity contribution in [1.29, 1.82) is 0 Å². The standard InChI is InChI=1S/C14H24N4O/c1-11-5-4-6-15-12(11)9-14(19)18(3)10-13-16-7-8-17(13)2/h7-8,11-12,15H,4-6,9-10H2,1-3H3. The number of nitrogens with zero attached hydrogens (tertiary/aromatic N) is 3. The minimum atomic E-state index is 0.189. The molecule has 1 aliphatic heterocycles. The first-order chi connectivity index (χ1) is 9.08. The van der Waals surface area contributed by atoms with Gasteiger partial charge in [0.2, 0.25) is 5.91 Å². The summed E-state index contributed by atoms with van der Waals surface area (Å²) in [6.45, 7) is 3.83. The van der Waals surface area contributed by atoms with Gasteiger partial charge in [0, 0.05) is 39.0 Å². The molecule has 1 saturated heterocycles. The van der Waals surface area contributed by atoms with Gasteiger partial charge in [0.25, 0.3) is 0 Å². The van der Waals surface area contributed by atoms with Gasteiger partial charge in [0.1, 0.15) is 5.82 Å². The molecule has 106 valence electrons. The third-order valence-corrected chi connectivity index (χ3v) is 4.05. The summed E-state index contributed by atoms with van der Waals surface area (Å²) in [6, 6.07) is 0.324. The van der Waals surface area contributed by atoms with Gasteiger partial charge in [-0.05, 0) is 25.3 Å². The molecule has 2 heterocycles. The fraction of sp³-hybridized carbons (Fsp3) is 0.714. The number of imidazole rings is 1. The van der Waals surface area contributed by atoms with Crippen molar-refractivity contribution in [2.24, 2.45) is 13.0 Å². The van der Waals surface area contributed by atoms with E-state index >= 15 is 0 Å². The van der Waals surface area contributed by atoms with Crippen LogP contribution in [0.1, 0.15) is 32.0 Å². The second kappa shape index (κ2) is 6.19. The summed E-state index contributed by atoms with van der Waals surface area (Å²) in [5.41, 5.74) is 0. The van der Waals surface area contributed by atoms with E-state index in [2.05, 4.69) is 17.2 Å². The van der Waals surface area contributed by atoms with Gasteiger partial charge in [-0.1, -0.05) is 6.92 Å². The minimum absolute atomic E-state index is 0.189. The van der Waals surface area contributed by atoms with Gasteiger partial charge in [-0.2, -0.15) is 0 Å². The second-order valence-electron chi connectivity index (χ2n) is 5.59. The Kier molecular flexibility index (Phi) is 4.58. The van der Waals surface area contributed by atoms with Crippen LogP contribution in [0.3, 0.4) is 0 Å². The zero-order valence-electron chi connectivity index (χ0n) is 12.1. The van der Waals surface area contributed by atoms with Crippen LogP contribution in [0.5, 0.6) is 0 Å². The van der Waals surface area contributed by atoms with Gasteiger partial charge in [-0.3, -0.25) is 4.79 Å². The predicted molar refractivity (Wildman–Crippen MR) is 74.5 cm³/mol. The lowest BCUT2D eigenvalue weighted by Gasteiger charge is -2.31. The molecule has 2 rings (SSSR count). The number of amides is 1. The molecular formula is C14H24N4O. The number of aromatic nitrogens is 2. The zero-order valence-corrected chi connectivity index (χ0v) is 12.1. The zero-order chi connectivity index (χ0) is 13.8. The van der Waals surface area contributed by atoms with Gasteiger partial charge in [0.05, 0.1) is 6.54 Å². The largest absolute Gasteiger partial charge is 0.338 e. The molecule has 0 bridgehead atoms. The summed E-state index contributed by atoms with van der Waals surface area (Å²) in [5, 5.41) is 3.46. The Bertz CT molecular complexity index is 429. The maximum Gasteiger partial charge on any atom is 0.224 e. The third kappa shape index (κ3) is 3.56. The molecule has 1 N–H and O–H groups in total. The summed E-state index contributed by atoms with van der Waals surface area (Å²) < 4.78 is 1.95. The molecule has 19 heavy (non-hydrogen) atoms. The molecule has 0 radical (unpaired) electrons. The van der Waals surface area contributed by atoms with E-state index in [9.17, 15) is 4.79 Å². The van der Waals surface area contributed by atoms with Crippen molar-refractivity contribution in [1.82, 2.24) is 19.8 Å². The van der Waals surface area contributed by atoms with Crippen molar-refractivity contribution in [2.75, 3.05) is 13.6 Å². The SMILES string of the molecule is CC1CCCNC1CC(=O)N(C)Cc1nccn1C. The molecule has 1 aromatic rings. The predicted octanol–water partition coefficient (Wildman–Crippen LogP) is 1.16. The van der Waals surface area contributed by atoms with E-state index in [1.807, 2.05) is 24.9 Å². The van der Waals surface area contributed by atoms with E-state index in [-0.39, 0.29) is 5.91 Å². The van der Waals surface area contributed by atoms with Gasteiger partial charge >= 0.3 is 0 Å². The summed E-state index contributed by atoms with van der Waals surface area (Å²) in [5.74, 6) is 1.69. The van der Waals surface area contributed by atoms with Crippen molar-refractivity contribution in [2.45, 2.75) is 38.8 Å². The Morgan fingerprint density at radius 2 is 2.42 bits per heavy atom. The molecule has 1 aromatic heterocycles. The molecule has 5 nitrogen and oxygen atoms in total. The number of nitrogens with one attached hydrogen (secondary N) is 1. The van der Waals surface area contributed by atoms with E-state index in [0.29, 0.717) is 24.9 Å². The quantitative estimate of drug-likeness (QED) is 0.887. The highest BCUT2D eigenvalue weighted by molar-refractivity contribution is 5.76. The van der Waals surface area contributed by atoms with Crippen LogP contribution in [0.25, 0.3) is 0 Å². The first-order valence-electron chi connectivity index (χ1n) is 7.01. The van der Waals surface area contributed by atoms with Crippen LogP contribution in [-0.2, 0) is 18.4 Å². The highest BCUT2D eigenvalue weighted by atomic mass is 16.2. The van der Waals surface area contributed by atoms with Crippen LogP contribution < -0.4 is 5.32 Å². The van der Waals surface area contributed by atoms with Crippen LogP contribution in [0.15, 0.2) is 12.4 Å². The summed E-state index contributed by atoms with van der Waals surface area (Å²) in [4.78, 5) is 18.3. The number of hydrogen-bond acceptors (Lipinski definition) is 3. The van der Waals surface area contributed by atoms with Gasteiger partial charge in [0.15, 0.2) is 0 Å². The number of aryl methyl sites for hydroxylation is 1. The van der Waals surface area contributed by atoms with Crippen LogP contribution in [0, 0.1) is 5.92 Å². The van der Waals surface area contributed by atoms with Crippen LogP contribution in [0.4, 0.5) is 0 Å². The highest BCUT2D eigenvalue weighted by Crippen LogP contribution is 2.18. The topological polar surface area (TPSA) is 50.2 Å². The lowest BCUT2D eigenvalue weighted by molar-refractivity contribution is -0.131. The van der Waals surface area contributed by atoms with Crippen molar-refractivity contribution < 1.29 is 4.79 Å². The van der Waals surface area contributed by atoms with Gasteiger partial charge in [-0.25, -0.2) is 4.98 Å². The smallest absolute Gasteiger partial charge is 0.224 e. The van der Waals surface area contributed by atoms with Gasteiger partial charge in [-0.15, -0.1) is 0 Å². The average molecular weight is 264 g/mol. The van der Waals surface area contributed by atoms with Crippen LogP contribution in [0.2, 0.25) is 0 Å². The summed E-state index contributed by atoms with van der Waals surface area (Å²) in [7, 11) is 3.80. The molecule has 1 amide bonds. The van der Waals surface area contributed by atoms with E-state index < -0.39 is 0 Å².